The molecule has 3 aromatic rings. The molecule has 0 unspecified atom stereocenters. The first-order valence-corrected chi connectivity index (χ1v) is 11.4. The highest BCUT2D eigenvalue weighted by molar-refractivity contribution is 6.06. The number of furan rings is 1. The van der Waals surface area contributed by atoms with Crippen molar-refractivity contribution >= 4 is 17.6 Å². The zero-order valence-corrected chi connectivity index (χ0v) is 19.8. The summed E-state index contributed by atoms with van der Waals surface area (Å²) < 4.78 is 11.7. The van der Waals surface area contributed by atoms with Gasteiger partial charge in [0.2, 0.25) is 5.76 Å². The van der Waals surface area contributed by atoms with Crippen LogP contribution in [-0.4, -0.2) is 22.7 Å². The lowest BCUT2D eigenvalue weighted by atomic mass is 9.93. The highest BCUT2D eigenvalue weighted by atomic mass is 16.5. The molecule has 1 aliphatic rings. The van der Waals surface area contributed by atoms with Crippen LogP contribution < -0.4 is 10.2 Å². The zero-order chi connectivity index (χ0) is 24.4. The van der Waals surface area contributed by atoms with Gasteiger partial charge in [-0.1, -0.05) is 26.0 Å². The van der Waals surface area contributed by atoms with Gasteiger partial charge in [-0.05, 0) is 74.1 Å². The number of hydrogen-bond acceptors (Lipinski definition) is 6. The van der Waals surface area contributed by atoms with Crippen molar-refractivity contribution < 1.29 is 23.8 Å². The lowest BCUT2D eigenvalue weighted by molar-refractivity contribution is 0.0696. The second kappa shape index (κ2) is 9.55. The number of aryl methyl sites for hydroxylation is 2. The van der Waals surface area contributed by atoms with Crippen LogP contribution in [-0.2, 0) is 6.42 Å². The number of phenolic OH excluding ortho intramolecular Hbond substituents is 1. The summed E-state index contributed by atoms with van der Waals surface area (Å²) in [5.41, 5.74) is 6.96. The molecule has 2 aromatic carbocycles. The second-order valence-electron chi connectivity index (χ2n) is 8.84. The highest BCUT2D eigenvalue weighted by Gasteiger charge is 2.29. The molecule has 0 spiro atoms. The molecule has 1 heterocycles. The van der Waals surface area contributed by atoms with Crippen molar-refractivity contribution in [3.05, 3.63) is 81.8 Å². The van der Waals surface area contributed by atoms with E-state index in [4.69, 9.17) is 9.15 Å². The Balaban J connectivity index is 1.59. The van der Waals surface area contributed by atoms with Gasteiger partial charge in [0.1, 0.15) is 17.3 Å². The van der Waals surface area contributed by atoms with E-state index in [9.17, 15) is 14.7 Å². The third-order valence-electron chi connectivity index (χ3n) is 5.93. The van der Waals surface area contributed by atoms with Crippen LogP contribution in [0.15, 0.2) is 52.0 Å². The summed E-state index contributed by atoms with van der Waals surface area (Å²) >= 11 is 0. The second-order valence-corrected chi connectivity index (χ2v) is 8.84. The van der Waals surface area contributed by atoms with Crippen molar-refractivity contribution in [2.24, 2.45) is 5.10 Å². The standard InChI is InChI=1S/C27H28N2O5/c1-15(2)20-13-8-16(3)14-23(20)34-27(32)25-17(4)24-21(6-5-7-22(24)33-25)28-29-26(31)18-9-11-19(30)12-10-18/h8-15,30H,5-7H2,1-4H3,(H,29,31)/b28-21+. The number of fused-ring (bicyclic) bond motifs is 1. The number of carbonyl (C=O) groups is 2. The molecule has 176 valence electrons. The number of hydrogen-bond donors (Lipinski definition) is 2. The van der Waals surface area contributed by atoms with E-state index in [1.165, 1.54) is 24.3 Å². The van der Waals surface area contributed by atoms with Crippen molar-refractivity contribution in [1.29, 1.82) is 0 Å². The van der Waals surface area contributed by atoms with Gasteiger partial charge in [-0.2, -0.15) is 5.10 Å². The molecule has 7 nitrogen and oxygen atoms in total. The van der Waals surface area contributed by atoms with Gasteiger partial charge in [0.05, 0.1) is 5.71 Å². The molecule has 7 heteroatoms. The number of carbonyl (C=O) groups excluding carboxylic acids is 2. The van der Waals surface area contributed by atoms with Crippen molar-refractivity contribution in [1.82, 2.24) is 5.43 Å². The number of rotatable bonds is 5. The third-order valence-corrected chi connectivity index (χ3v) is 5.93. The summed E-state index contributed by atoms with van der Waals surface area (Å²) in [4.78, 5) is 25.5. The van der Waals surface area contributed by atoms with Crippen LogP contribution in [0.4, 0.5) is 0 Å². The molecule has 1 amide bonds. The fraction of sp³-hybridized carbons (Fsp3) is 0.296. The average molecular weight is 461 g/mol. The lowest BCUT2D eigenvalue weighted by Gasteiger charge is -2.13. The summed E-state index contributed by atoms with van der Waals surface area (Å²) in [6.45, 7) is 7.86. The van der Waals surface area contributed by atoms with E-state index in [0.29, 0.717) is 41.2 Å². The van der Waals surface area contributed by atoms with Gasteiger partial charge in [0, 0.05) is 23.1 Å². The molecular formula is C27H28N2O5. The van der Waals surface area contributed by atoms with Gasteiger partial charge < -0.3 is 14.3 Å². The third kappa shape index (κ3) is 4.73. The summed E-state index contributed by atoms with van der Waals surface area (Å²) in [5, 5.41) is 13.7. The normalized spacial score (nSPS) is 14.2. The first-order valence-electron chi connectivity index (χ1n) is 11.4. The number of benzene rings is 2. The SMILES string of the molecule is Cc1ccc(C(C)C)c(OC(=O)c2oc3c(c2C)/C(=N/NC(=O)c2ccc(O)cc2)CCC3)c1. The van der Waals surface area contributed by atoms with E-state index in [2.05, 4.69) is 10.5 Å². The molecule has 0 aliphatic heterocycles. The van der Waals surface area contributed by atoms with Gasteiger partial charge in [-0.25, -0.2) is 10.2 Å². The van der Waals surface area contributed by atoms with Gasteiger partial charge in [-0.3, -0.25) is 4.79 Å². The van der Waals surface area contributed by atoms with Gasteiger partial charge >= 0.3 is 5.97 Å². The maximum absolute atomic E-state index is 13.1. The van der Waals surface area contributed by atoms with Crippen LogP contribution in [0, 0.1) is 13.8 Å². The molecule has 0 radical (unpaired) electrons. The lowest BCUT2D eigenvalue weighted by Crippen LogP contribution is -2.22. The number of amides is 1. The molecule has 1 aromatic heterocycles. The number of nitrogens with one attached hydrogen (secondary N) is 1. The molecule has 0 fully saturated rings. The number of nitrogens with zero attached hydrogens (tertiary/aromatic N) is 1. The molecular weight excluding hydrogens is 432 g/mol. The summed E-state index contributed by atoms with van der Waals surface area (Å²) in [5.74, 6) is 0.698. The van der Waals surface area contributed by atoms with Crippen molar-refractivity contribution in [2.45, 2.75) is 52.9 Å². The zero-order valence-electron chi connectivity index (χ0n) is 19.8. The Labute approximate surface area is 198 Å². The van der Waals surface area contributed by atoms with E-state index in [1.54, 1.807) is 6.92 Å². The number of esters is 1. The Morgan fingerprint density at radius 3 is 2.53 bits per heavy atom. The smallest absolute Gasteiger partial charge is 0.379 e. The molecule has 0 bridgehead atoms. The van der Waals surface area contributed by atoms with Crippen LogP contribution in [0.25, 0.3) is 0 Å². The Kier molecular flexibility index (Phi) is 6.54. The Morgan fingerprint density at radius 2 is 1.82 bits per heavy atom. The van der Waals surface area contributed by atoms with Crippen LogP contribution in [0.1, 0.15) is 81.5 Å². The highest BCUT2D eigenvalue weighted by Crippen LogP contribution is 2.32. The molecule has 34 heavy (non-hydrogen) atoms. The van der Waals surface area contributed by atoms with E-state index >= 15 is 0 Å². The van der Waals surface area contributed by atoms with E-state index in [1.807, 2.05) is 39.0 Å². The minimum absolute atomic E-state index is 0.0828. The Hall–Kier alpha value is -3.87. The summed E-state index contributed by atoms with van der Waals surface area (Å²) in [6.07, 6.45) is 2.11. The van der Waals surface area contributed by atoms with Crippen molar-refractivity contribution in [3.63, 3.8) is 0 Å². The minimum atomic E-state index is -0.549. The monoisotopic (exact) mass is 460 g/mol. The minimum Gasteiger partial charge on any atom is -0.508 e. The van der Waals surface area contributed by atoms with E-state index in [0.717, 1.165) is 23.1 Å². The maximum atomic E-state index is 13.1. The number of hydrazone groups is 1. The van der Waals surface area contributed by atoms with E-state index in [-0.39, 0.29) is 23.3 Å². The van der Waals surface area contributed by atoms with Crippen LogP contribution in [0.3, 0.4) is 0 Å². The largest absolute Gasteiger partial charge is 0.508 e. The molecule has 0 saturated heterocycles. The number of aromatic hydroxyl groups is 1. The van der Waals surface area contributed by atoms with Crippen molar-refractivity contribution in [3.8, 4) is 11.5 Å². The van der Waals surface area contributed by atoms with Crippen LogP contribution in [0.5, 0.6) is 11.5 Å². The fourth-order valence-corrected chi connectivity index (χ4v) is 4.12. The molecule has 1 aliphatic carbocycles. The quantitative estimate of drug-likeness (QED) is 0.301. The molecule has 4 rings (SSSR count). The summed E-state index contributed by atoms with van der Waals surface area (Å²) in [6, 6.07) is 11.8. The molecule has 0 atom stereocenters. The average Bonchev–Trinajstić information content (AvgIpc) is 3.15. The number of ether oxygens (including phenoxy) is 1. The van der Waals surface area contributed by atoms with E-state index < -0.39 is 5.97 Å². The summed E-state index contributed by atoms with van der Waals surface area (Å²) in [7, 11) is 0. The fourth-order valence-electron chi connectivity index (χ4n) is 4.12. The number of phenols is 1. The van der Waals surface area contributed by atoms with Gasteiger partial charge in [0.15, 0.2) is 0 Å². The predicted molar refractivity (Wildman–Crippen MR) is 129 cm³/mol. The Morgan fingerprint density at radius 1 is 1.09 bits per heavy atom. The Bertz CT molecular complexity index is 1270. The van der Waals surface area contributed by atoms with Gasteiger partial charge in [-0.15, -0.1) is 0 Å². The first kappa shape index (κ1) is 23.3. The van der Waals surface area contributed by atoms with Crippen LogP contribution >= 0.6 is 0 Å². The predicted octanol–water partition coefficient (Wildman–Crippen LogP) is 5.42. The van der Waals surface area contributed by atoms with Crippen LogP contribution in [0.2, 0.25) is 0 Å². The topological polar surface area (TPSA) is 101 Å². The first-order chi connectivity index (χ1) is 16.2. The van der Waals surface area contributed by atoms with Gasteiger partial charge in [0.25, 0.3) is 5.91 Å². The maximum Gasteiger partial charge on any atom is 0.379 e. The molecule has 2 N–H and O–H groups in total. The molecule has 0 saturated carbocycles. The van der Waals surface area contributed by atoms with Crippen molar-refractivity contribution in [2.75, 3.05) is 0 Å².